The molecule has 0 aliphatic rings. The van der Waals surface area contributed by atoms with E-state index in [4.69, 9.17) is 0 Å². The highest BCUT2D eigenvalue weighted by atomic mass is 79.9. The average molecular weight is 320 g/mol. The lowest BCUT2D eigenvalue weighted by molar-refractivity contribution is 0.200. The van der Waals surface area contributed by atoms with E-state index in [9.17, 15) is 5.11 Å². The van der Waals surface area contributed by atoms with Gasteiger partial charge in [-0.05, 0) is 43.7 Å². The Balaban J connectivity index is 2.48. The van der Waals surface area contributed by atoms with Gasteiger partial charge in [-0.3, -0.25) is 0 Å². The van der Waals surface area contributed by atoms with Crippen LogP contribution in [0.3, 0.4) is 0 Å². The summed E-state index contributed by atoms with van der Waals surface area (Å²) >= 11 is 3.49. The summed E-state index contributed by atoms with van der Waals surface area (Å²) < 4.78 is 1.01. The molecule has 0 heterocycles. The van der Waals surface area contributed by atoms with Gasteiger partial charge in [-0.25, -0.2) is 0 Å². The van der Waals surface area contributed by atoms with E-state index in [1.165, 1.54) is 5.56 Å². The quantitative estimate of drug-likeness (QED) is 0.895. The van der Waals surface area contributed by atoms with E-state index in [0.29, 0.717) is 0 Å². The summed E-state index contributed by atoms with van der Waals surface area (Å²) in [5.74, 6) is 0. The standard InChI is InChI=1S/C16H18BrNO/c1-11-5-4-6-14(9-11)18(3)16-10-13(17)7-8-15(16)12(2)19/h4-10,12,19H,1-3H3. The van der Waals surface area contributed by atoms with E-state index in [-0.39, 0.29) is 0 Å². The van der Waals surface area contributed by atoms with Crippen molar-refractivity contribution in [2.24, 2.45) is 0 Å². The molecule has 0 aliphatic heterocycles. The largest absolute Gasteiger partial charge is 0.389 e. The zero-order valence-corrected chi connectivity index (χ0v) is 13.0. The average Bonchev–Trinajstić information content (AvgIpc) is 2.37. The lowest BCUT2D eigenvalue weighted by Crippen LogP contribution is -2.13. The Morgan fingerprint density at radius 2 is 1.89 bits per heavy atom. The van der Waals surface area contributed by atoms with Crippen molar-refractivity contribution in [3.63, 3.8) is 0 Å². The van der Waals surface area contributed by atoms with Gasteiger partial charge in [0.15, 0.2) is 0 Å². The van der Waals surface area contributed by atoms with Gasteiger partial charge in [0, 0.05) is 28.5 Å². The van der Waals surface area contributed by atoms with Crippen LogP contribution in [0.5, 0.6) is 0 Å². The van der Waals surface area contributed by atoms with Crippen molar-refractivity contribution in [2.45, 2.75) is 20.0 Å². The topological polar surface area (TPSA) is 23.5 Å². The van der Waals surface area contributed by atoms with E-state index in [1.807, 2.05) is 31.3 Å². The molecule has 2 nitrogen and oxygen atoms in total. The molecular weight excluding hydrogens is 302 g/mol. The van der Waals surface area contributed by atoms with E-state index in [0.717, 1.165) is 21.4 Å². The van der Waals surface area contributed by atoms with Crippen LogP contribution in [-0.4, -0.2) is 12.2 Å². The number of aryl methyl sites for hydroxylation is 1. The maximum atomic E-state index is 9.90. The van der Waals surface area contributed by atoms with Gasteiger partial charge in [0.25, 0.3) is 0 Å². The van der Waals surface area contributed by atoms with E-state index in [1.54, 1.807) is 6.92 Å². The number of anilines is 2. The maximum absolute atomic E-state index is 9.90. The van der Waals surface area contributed by atoms with Crippen LogP contribution in [0.4, 0.5) is 11.4 Å². The number of benzene rings is 2. The molecule has 19 heavy (non-hydrogen) atoms. The molecule has 1 atom stereocenters. The predicted octanol–water partition coefficient (Wildman–Crippen LogP) is 4.58. The van der Waals surface area contributed by atoms with Gasteiger partial charge in [0.1, 0.15) is 0 Å². The van der Waals surface area contributed by atoms with Gasteiger partial charge in [0.05, 0.1) is 6.10 Å². The minimum atomic E-state index is -0.490. The van der Waals surface area contributed by atoms with Crippen molar-refractivity contribution in [2.75, 3.05) is 11.9 Å². The highest BCUT2D eigenvalue weighted by Crippen LogP contribution is 2.33. The number of aliphatic hydroxyl groups is 1. The minimum Gasteiger partial charge on any atom is -0.389 e. The summed E-state index contributed by atoms with van der Waals surface area (Å²) in [6.45, 7) is 3.87. The zero-order chi connectivity index (χ0) is 14.0. The molecule has 2 aromatic carbocycles. The Bertz CT molecular complexity index is 581. The van der Waals surface area contributed by atoms with E-state index in [2.05, 4.69) is 46.0 Å². The molecule has 2 rings (SSSR count). The highest BCUT2D eigenvalue weighted by molar-refractivity contribution is 9.10. The molecule has 0 fully saturated rings. The van der Waals surface area contributed by atoms with Crippen molar-refractivity contribution >= 4 is 27.3 Å². The SMILES string of the molecule is Cc1cccc(N(C)c2cc(Br)ccc2C(C)O)c1. The van der Waals surface area contributed by atoms with Gasteiger partial charge in [-0.1, -0.05) is 34.1 Å². The fourth-order valence-electron chi connectivity index (χ4n) is 2.14. The first-order valence-electron chi connectivity index (χ1n) is 6.27. The summed E-state index contributed by atoms with van der Waals surface area (Å²) in [6.07, 6.45) is -0.490. The number of halogens is 1. The van der Waals surface area contributed by atoms with Crippen LogP contribution in [0.2, 0.25) is 0 Å². The summed E-state index contributed by atoms with van der Waals surface area (Å²) in [7, 11) is 2.02. The van der Waals surface area contributed by atoms with Crippen molar-refractivity contribution in [3.8, 4) is 0 Å². The first kappa shape index (κ1) is 14.1. The monoisotopic (exact) mass is 319 g/mol. The molecule has 2 aromatic rings. The van der Waals surface area contributed by atoms with Crippen LogP contribution in [0.15, 0.2) is 46.9 Å². The fraction of sp³-hybridized carbons (Fsp3) is 0.250. The Hall–Kier alpha value is -1.32. The number of hydrogen-bond donors (Lipinski definition) is 1. The molecule has 0 bridgehead atoms. The van der Waals surface area contributed by atoms with Crippen molar-refractivity contribution < 1.29 is 5.11 Å². The molecule has 0 saturated heterocycles. The third-order valence-electron chi connectivity index (χ3n) is 3.19. The summed E-state index contributed by atoms with van der Waals surface area (Å²) in [6, 6.07) is 14.3. The summed E-state index contributed by atoms with van der Waals surface area (Å²) in [5, 5.41) is 9.90. The molecule has 0 spiro atoms. The molecule has 1 N–H and O–H groups in total. The van der Waals surface area contributed by atoms with Crippen LogP contribution >= 0.6 is 15.9 Å². The summed E-state index contributed by atoms with van der Waals surface area (Å²) in [4.78, 5) is 2.10. The maximum Gasteiger partial charge on any atom is 0.0782 e. The second-order valence-electron chi connectivity index (χ2n) is 4.78. The molecule has 1 unspecified atom stereocenters. The fourth-order valence-corrected chi connectivity index (χ4v) is 2.49. The minimum absolute atomic E-state index is 0.490. The highest BCUT2D eigenvalue weighted by Gasteiger charge is 2.13. The van der Waals surface area contributed by atoms with Crippen LogP contribution in [0.25, 0.3) is 0 Å². The first-order chi connectivity index (χ1) is 8.99. The second kappa shape index (κ2) is 5.76. The van der Waals surface area contributed by atoms with E-state index >= 15 is 0 Å². The van der Waals surface area contributed by atoms with Crippen LogP contribution in [0.1, 0.15) is 24.2 Å². The molecule has 0 aromatic heterocycles. The van der Waals surface area contributed by atoms with Crippen molar-refractivity contribution in [1.29, 1.82) is 0 Å². The Morgan fingerprint density at radius 3 is 2.53 bits per heavy atom. The molecule has 0 saturated carbocycles. The van der Waals surface area contributed by atoms with Gasteiger partial charge < -0.3 is 10.0 Å². The predicted molar refractivity (Wildman–Crippen MR) is 84.0 cm³/mol. The van der Waals surface area contributed by atoms with Crippen LogP contribution in [0, 0.1) is 6.92 Å². The van der Waals surface area contributed by atoms with Crippen LogP contribution < -0.4 is 4.90 Å². The van der Waals surface area contributed by atoms with Gasteiger partial charge >= 0.3 is 0 Å². The summed E-state index contributed by atoms with van der Waals surface area (Å²) in [5.41, 5.74) is 4.26. The smallest absolute Gasteiger partial charge is 0.0782 e. The molecule has 100 valence electrons. The van der Waals surface area contributed by atoms with Gasteiger partial charge in [-0.15, -0.1) is 0 Å². The Morgan fingerprint density at radius 1 is 1.16 bits per heavy atom. The Labute approximate surface area is 122 Å². The van der Waals surface area contributed by atoms with Crippen molar-refractivity contribution in [1.82, 2.24) is 0 Å². The first-order valence-corrected chi connectivity index (χ1v) is 7.06. The van der Waals surface area contributed by atoms with E-state index < -0.39 is 6.10 Å². The lowest BCUT2D eigenvalue weighted by Gasteiger charge is -2.24. The zero-order valence-electron chi connectivity index (χ0n) is 11.4. The molecule has 0 aliphatic carbocycles. The third-order valence-corrected chi connectivity index (χ3v) is 3.69. The normalized spacial score (nSPS) is 12.3. The van der Waals surface area contributed by atoms with Crippen molar-refractivity contribution in [3.05, 3.63) is 58.1 Å². The number of hydrogen-bond acceptors (Lipinski definition) is 2. The second-order valence-corrected chi connectivity index (χ2v) is 5.69. The van der Waals surface area contributed by atoms with Gasteiger partial charge in [-0.2, -0.15) is 0 Å². The molecular formula is C16H18BrNO. The molecule has 0 radical (unpaired) electrons. The number of aliphatic hydroxyl groups excluding tert-OH is 1. The lowest BCUT2D eigenvalue weighted by atomic mass is 10.1. The van der Waals surface area contributed by atoms with Gasteiger partial charge in [0.2, 0.25) is 0 Å². The molecule has 0 amide bonds. The number of nitrogens with zero attached hydrogens (tertiary/aromatic N) is 1. The number of rotatable bonds is 3. The third kappa shape index (κ3) is 3.17. The molecule has 3 heteroatoms. The Kier molecular flexibility index (Phi) is 4.27. The van der Waals surface area contributed by atoms with Crippen LogP contribution in [-0.2, 0) is 0 Å².